The number of carbonyl (C=O) groups is 1. The van der Waals surface area contributed by atoms with Crippen molar-refractivity contribution < 1.29 is 14.6 Å². The number of aryl methyl sites for hydroxylation is 1. The van der Waals surface area contributed by atoms with Crippen molar-refractivity contribution in [3.05, 3.63) is 18.2 Å². The lowest BCUT2D eigenvalue weighted by Gasteiger charge is -2.34. The summed E-state index contributed by atoms with van der Waals surface area (Å²) in [5.74, 6) is 0.702. The molecule has 2 unspecified atom stereocenters. The van der Waals surface area contributed by atoms with E-state index in [4.69, 9.17) is 4.74 Å². The van der Waals surface area contributed by atoms with E-state index in [0.717, 1.165) is 19.4 Å². The minimum absolute atomic E-state index is 0.00332. The van der Waals surface area contributed by atoms with E-state index in [0.29, 0.717) is 19.0 Å². The van der Waals surface area contributed by atoms with Crippen molar-refractivity contribution in [1.82, 2.24) is 14.5 Å². The highest BCUT2D eigenvalue weighted by Gasteiger charge is 2.30. The Labute approximate surface area is 119 Å². The molecule has 6 heteroatoms. The molecule has 2 heterocycles. The van der Waals surface area contributed by atoms with Crippen LogP contribution in [0.4, 0.5) is 0 Å². The van der Waals surface area contributed by atoms with E-state index in [2.05, 4.69) is 4.98 Å². The highest BCUT2D eigenvalue weighted by atomic mass is 16.5. The molecule has 1 aliphatic rings. The standard InChI is InChI=1S/C14H23N3O3/c1-3-20-10-12(18)17-7-4-5-11(9-17)13(19)14-15-6-8-16(14)2/h6,8,11,13,19H,3-5,7,9-10H2,1-2H3. The van der Waals surface area contributed by atoms with E-state index in [1.54, 1.807) is 11.1 Å². The molecule has 2 rings (SSSR count). The number of nitrogens with zero attached hydrogens (tertiary/aromatic N) is 3. The lowest BCUT2D eigenvalue weighted by Crippen LogP contribution is -2.43. The summed E-state index contributed by atoms with van der Waals surface area (Å²) in [5, 5.41) is 10.4. The van der Waals surface area contributed by atoms with E-state index in [9.17, 15) is 9.90 Å². The van der Waals surface area contributed by atoms with Crippen molar-refractivity contribution in [3.63, 3.8) is 0 Å². The monoisotopic (exact) mass is 281 g/mol. The Morgan fingerprint density at radius 2 is 2.45 bits per heavy atom. The van der Waals surface area contributed by atoms with Gasteiger partial charge in [-0.15, -0.1) is 0 Å². The largest absolute Gasteiger partial charge is 0.385 e. The molecule has 1 fully saturated rings. The summed E-state index contributed by atoms with van der Waals surface area (Å²) in [5.41, 5.74) is 0. The molecule has 0 aromatic carbocycles. The molecule has 1 amide bonds. The van der Waals surface area contributed by atoms with Crippen LogP contribution in [-0.4, -0.2) is 51.8 Å². The quantitative estimate of drug-likeness (QED) is 0.864. The van der Waals surface area contributed by atoms with Crippen molar-refractivity contribution in [2.75, 3.05) is 26.3 Å². The van der Waals surface area contributed by atoms with Gasteiger partial charge < -0.3 is 19.3 Å². The highest BCUT2D eigenvalue weighted by Crippen LogP contribution is 2.28. The van der Waals surface area contributed by atoms with Gasteiger partial charge in [0.25, 0.3) is 0 Å². The fourth-order valence-corrected chi connectivity index (χ4v) is 2.65. The first-order chi connectivity index (χ1) is 9.63. The van der Waals surface area contributed by atoms with Gasteiger partial charge in [-0.3, -0.25) is 4.79 Å². The minimum Gasteiger partial charge on any atom is -0.385 e. The van der Waals surface area contributed by atoms with Crippen LogP contribution in [0.5, 0.6) is 0 Å². The third kappa shape index (κ3) is 3.37. The van der Waals surface area contributed by atoms with Crippen LogP contribution in [0.2, 0.25) is 0 Å². The van der Waals surface area contributed by atoms with Gasteiger partial charge in [0.2, 0.25) is 5.91 Å². The van der Waals surface area contributed by atoms with Crippen LogP contribution in [0.1, 0.15) is 31.7 Å². The predicted octanol–water partition coefficient (Wildman–Crippen LogP) is 0.729. The molecule has 0 bridgehead atoms. The predicted molar refractivity (Wildman–Crippen MR) is 74.0 cm³/mol. The molecule has 112 valence electrons. The summed E-state index contributed by atoms with van der Waals surface area (Å²) in [6.07, 6.45) is 4.69. The molecule has 1 aromatic rings. The zero-order valence-corrected chi connectivity index (χ0v) is 12.2. The number of hydrogen-bond donors (Lipinski definition) is 1. The van der Waals surface area contributed by atoms with Crippen LogP contribution in [0.15, 0.2) is 12.4 Å². The second-order valence-electron chi connectivity index (χ2n) is 5.22. The Hall–Kier alpha value is -1.40. The second-order valence-corrected chi connectivity index (χ2v) is 5.22. The van der Waals surface area contributed by atoms with Crippen molar-refractivity contribution in [2.45, 2.75) is 25.9 Å². The maximum absolute atomic E-state index is 12.0. The van der Waals surface area contributed by atoms with E-state index in [1.807, 2.05) is 24.7 Å². The fourth-order valence-electron chi connectivity index (χ4n) is 2.65. The van der Waals surface area contributed by atoms with Gasteiger partial charge in [-0.25, -0.2) is 4.98 Å². The van der Waals surface area contributed by atoms with Gasteiger partial charge in [-0.05, 0) is 19.8 Å². The second kappa shape index (κ2) is 6.85. The number of rotatable bonds is 5. The van der Waals surface area contributed by atoms with Gasteiger partial charge in [-0.1, -0.05) is 0 Å². The van der Waals surface area contributed by atoms with Gasteiger partial charge in [0.05, 0.1) is 0 Å². The maximum Gasteiger partial charge on any atom is 0.248 e. The Morgan fingerprint density at radius 1 is 1.65 bits per heavy atom. The van der Waals surface area contributed by atoms with Crippen LogP contribution in [-0.2, 0) is 16.6 Å². The number of aliphatic hydroxyl groups is 1. The normalized spacial score (nSPS) is 20.9. The molecule has 1 aromatic heterocycles. The SMILES string of the molecule is CCOCC(=O)N1CCCC(C(O)c2nccn2C)C1. The number of piperidine rings is 1. The fraction of sp³-hybridized carbons (Fsp3) is 0.714. The number of hydrogen-bond acceptors (Lipinski definition) is 4. The molecule has 1 N–H and O–H groups in total. The molecule has 20 heavy (non-hydrogen) atoms. The number of aromatic nitrogens is 2. The summed E-state index contributed by atoms with van der Waals surface area (Å²) in [6.45, 7) is 3.85. The van der Waals surface area contributed by atoms with Crippen molar-refractivity contribution in [3.8, 4) is 0 Å². The minimum atomic E-state index is -0.627. The van der Waals surface area contributed by atoms with E-state index in [-0.39, 0.29) is 18.4 Å². The van der Waals surface area contributed by atoms with Crippen molar-refractivity contribution in [1.29, 1.82) is 0 Å². The zero-order valence-electron chi connectivity index (χ0n) is 12.2. The Morgan fingerprint density at radius 3 is 3.10 bits per heavy atom. The summed E-state index contributed by atoms with van der Waals surface area (Å²) in [6, 6.07) is 0. The molecule has 2 atom stereocenters. The lowest BCUT2D eigenvalue weighted by atomic mass is 9.92. The average Bonchev–Trinajstić information content (AvgIpc) is 2.90. The van der Waals surface area contributed by atoms with Gasteiger partial charge in [0.1, 0.15) is 18.5 Å². The number of amides is 1. The molecular formula is C14H23N3O3. The molecule has 1 saturated heterocycles. The number of carbonyl (C=O) groups excluding carboxylic acids is 1. The molecule has 0 spiro atoms. The average molecular weight is 281 g/mol. The van der Waals surface area contributed by atoms with Crippen LogP contribution < -0.4 is 0 Å². The topological polar surface area (TPSA) is 67.6 Å². The van der Waals surface area contributed by atoms with Crippen LogP contribution >= 0.6 is 0 Å². The van der Waals surface area contributed by atoms with Crippen molar-refractivity contribution >= 4 is 5.91 Å². The van der Waals surface area contributed by atoms with Gasteiger partial charge in [0.15, 0.2) is 0 Å². The smallest absolute Gasteiger partial charge is 0.248 e. The maximum atomic E-state index is 12.0. The molecule has 6 nitrogen and oxygen atoms in total. The highest BCUT2D eigenvalue weighted by molar-refractivity contribution is 5.77. The molecule has 0 aliphatic carbocycles. The Bertz CT molecular complexity index is 447. The van der Waals surface area contributed by atoms with Crippen molar-refractivity contribution in [2.24, 2.45) is 13.0 Å². The first-order valence-corrected chi connectivity index (χ1v) is 7.14. The van der Waals surface area contributed by atoms with Gasteiger partial charge in [0, 0.05) is 45.1 Å². The lowest BCUT2D eigenvalue weighted by molar-refractivity contribution is -0.138. The van der Waals surface area contributed by atoms with E-state index >= 15 is 0 Å². The number of likely N-dealkylation sites (tertiary alicyclic amines) is 1. The van der Waals surface area contributed by atoms with Gasteiger partial charge >= 0.3 is 0 Å². The van der Waals surface area contributed by atoms with Gasteiger partial charge in [-0.2, -0.15) is 0 Å². The molecule has 0 radical (unpaired) electrons. The summed E-state index contributed by atoms with van der Waals surface area (Å²) >= 11 is 0. The first kappa shape index (κ1) is 15.0. The zero-order chi connectivity index (χ0) is 14.5. The van der Waals surface area contributed by atoms with Crippen LogP contribution in [0.25, 0.3) is 0 Å². The summed E-state index contributed by atoms with van der Waals surface area (Å²) in [4.78, 5) is 18.0. The first-order valence-electron chi connectivity index (χ1n) is 7.14. The Kier molecular flexibility index (Phi) is 5.14. The number of aliphatic hydroxyl groups excluding tert-OH is 1. The summed E-state index contributed by atoms with van der Waals surface area (Å²) in [7, 11) is 1.87. The van der Waals surface area contributed by atoms with Crippen LogP contribution in [0, 0.1) is 5.92 Å². The number of ether oxygens (including phenoxy) is 1. The summed E-state index contributed by atoms with van der Waals surface area (Å²) < 4.78 is 6.99. The third-order valence-electron chi connectivity index (χ3n) is 3.81. The number of imidazole rings is 1. The van der Waals surface area contributed by atoms with E-state index in [1.165, 1.54) is 0 Å². The molecule has 1 aliphatic heterocycles. The van der Waals surface area contributed by atoms with E-state index < -0.39 is 6.10 Å². The Balaban J connectivity index is 1.96. The van der Waals surface area contributed by atoms with Crippen LogP contribution in [0.3, 0.4) is 0 Å². The third-order valence-corrected chi connectivity index (χ3v) is 3.81. The molecule has 0 saturated carbocycles. The molecular weight excluding hydrogens is 258 g/mol.